The molecule has 1 aliphatic rings. The van der Waals surface area contributed by atoms with Crippen molar-refractivity contribution in [3.63, 3.8) is 0 Å². The number of amides is 1. The van der Waals surface area contributed by atoms with Crippen molar-refractivity contribution in [2.75, 3.05) is 46.5 Å². The van der Waals surface area contributed by atoms with E-state index in [1.165, 1.54) is 0 Å². The molecule has 5 nitrogen and oxygen atoms in total. The minimum atomic E-state index is 0.0376. The summed E-state index contributed by atoms with van der Waals surface area (Å²) in [4.78, 5) is 13.6. The number of rotatable bonds is 6. The first-order valence-corrected chi connectivity index (χ1v) is 5.85. The van der Waals surface area contributed by atoms with Gasteiger partial charge in [-0.05, 0) is 25.3 Å². The molecule has 0 aromatic heterocycles. The number of nitrogens with one attached hydrogen (secondary N) is 1. The Labute approximate surface area is 96.8 Å². The number of carbonyl (C=O) groups is 1. The van der Waals surface area contributed by atoms with Crippen molar-refractivity contribution in [2.24, 2.45) is 5.92 Å². The minimum Gasteiger partial charge on any atom is -0.396 e. The summed E-state index contributed by atoms with van der Waals surface area (Å²) in [6.45, 7) is 3.54. The van der Waals surface area contributed by atoms with Crippen molar-refractivity contribution < 1.29 is 14.6 Å². The van der Waals surface area contributed by atoms with Crippen LogP contribution in [0.5, 0.6) is 0 Å². The van der Waals surface area contributed by atoms with Crippen molar-refractivity contribution in [1.29, 1.82) is 0 Å². The quantitative estimate of drug-likeness (QED) is 0.601. The van der Waals surface area contributed by atoms with Crippen LogP contribution >= 0.6 is 0 Å². The third-order valence-corrected chi connectivity index (χ3v) is 2.86. The van der Waals surface area contributed by atoms with E-state index in [0.29, 0.717) is 25.6 Å². The molecule has 0 aliphatic carbocycles. The van der Waals surface area contributed by atoms with Gasteiger partial charge in [-0.2, -0.15) is 0 Å². The molecule has 1 amide bonds. The SMILES string of the molecule is COCCNC(=O)CN1CCCC(CO)C1. The van der Waals surface area contributed by atoms with Crippen LogP contribution in [-0.2, 0) is 9.53 Å². The Bertz CT molecular complexity index is 211. The lowest BCUT2D eigenvalue weighted by molar-refractivity contribution is -0.122. The highest BCUT2D eigenvalue weighted by Gasteiger charge is 2.20. The lowest BCUT2D eigenvalue weighted by Gasteiger charge is -2.31. The van der Waals surface area contributed by atoms with Gasteiger partial charge < -0.3 is 15.2 Å². The second-order valence-corrected chi connectivity index (χ2v) is 4.27. The molecular formula is C11H22N2O3. The summed E-state index contributed by atoms with van der Waals surface area (Å²) < 4.78 is 4.86. The molecule has 94 valence electrons. The van der Waals surface area contributed by atoms with Crippen molar-refractivity contribution in [2.45, 2.75) is 12.8 Å². The number of aliphatic hydroxyl groups is 1. The van der Waals surface area contributed by atoms with E-state index in [1.807, 2.05) is 0 Å². The first-order valence-electron chi connectivity index (χ1n) is 5.85. The van der Waals surface area contributed by atoms with Crippen LogP contribution in [0.1, 0.15) is 12.8 Å². The molecule has 0 radical (unpaired) electrons. The van der Waals surface area contributed by atoms with Crippen LogP contribution in [0.4, 0.5) is 0 Å². The molecule has 0 bridgehead atoms. The average Bonchev–Trinajstić information content (AvgIpc) is 2.29. The number of aliphatic hydroxyl groups excluding tert-OH is 1. The highest BCUT2D eigenvalue weighted by molar-refractivity contribution is 5.77. The van der Waals surface area contributed by atoms with Crippen LogP contribution in [0.15, 0.2) is 0 Å². The van der Waals surface area contributed by atoms with E-state index in [2.05, 4.69) is 10.2 Å². The topological polar surface area (TPSA) is 61.8 Å². The Kier molecular flexibility index (Phi) is 6.37. The van der Waals surface area contributed by atoms with Crippen LogP contribution in [0.3, 0.4) is 0 Å². The number of hydrogen-bond acceptors (Lipinski definition) is 4. The average molecular weight is 230 g/mol. The van der Waals surface area contributed by atoms with Crippen molar-refractivity contribution in [3.05, 3.63) is 0 Å². The lowest BCUT2D eigenvalue weighted by atomic mass is 9.99. The van der Waals surface area contributed by atoms with Crippen LogP contribution in [-0.4, -0.2) is 62.4 Å². The van der Waals surface area contributed by atoms with Gasteiger partial charge in [0.25, 0.3) is 0 Å². The second kappa shape index (κ2) is 7.60. The predicted molar refractivity (Wildman–Crippen MR) is 61.1 cm³/mol. The summed E-state index contributed by atoms with van der Waals surface area (Å²) in [6, 6.07) is 0. The monoisotopic (exact) mass is 230 g/mol. The third-order valence-electron chi connectivity index (χ3n) is 2.86. The summed E-state index contributed by atoms with van der Waals surface area (Å²) >= 11 is 0. The zero-order valence-electron chi connectivity index (χ0n) is 9.95. The molecule has 1 saturated heterocycles. The molecule has 2 N–H and O–H groups in total. The van der Waals surface area contributed by atoms with Crippen LogP contribution in [0.25, 0.3) is 0 Å². The van der Waals surface area contributed by atoms with E-state index in [4.69, 9.17) is 9.84 Å². The molecule has 5 heteroatoms. The van der Waals surface area contributed by atoms with E-state index in [9.17, 15) is 4.79 Å². The smallest absolute Gasteiger partial charge is 0.234 e. The van der Waals surface area contributed by atoms with Crippen LogP contribution < -0.4 is 5.32 Å². The summed E-state index contributed by atoms with van der Waals surface area (Å²) in [5.41, 5.74) is 0. The van der Waals surface area contributed by atoms with Gasteiger partial charge in [0, 0.05) is 26.8 Å². The Balaban J connectivity index is 2.17. The number of piperidine rings is 1. The minimum absolute atomic E-state index is 0.0376. The summed E-state index contributed by atoms with van der Waals surface area (Å²) in [7, 11) is 1.61. The van der Waals surface area contributed by atoms with Gasteiger partial charge in [0.1, 0.15) is 0 Å². The first-order chi connectivity index (χ1) is 7.76. The highest BCUT2D eigenvalue weighted by atomic mass is 16.5. The Morgan fingerprint density at radius 3 is 3.12 bits per heavy atom. The van der Waals surface area contributed by atoms with E-state index < -0.39 is 0 Å². The number of hydrogen-bond donors (Lipinski definition) is 2. The maximum Gasteiger partial charge on any atom is 0.234 e. The zero-order chi connectivity index (χ0) is 11.8. The van der Waals surface area contributed by atoms with E-state index >= 15 is 0 Å². The fraction of sp³-hybridized carbons (Fsp3) is 0.909. The molecule has 1 heterocycles. The lowest BCUT2D eigenvalue weighted by Crippen LogP contribution is -2.43. The van der Waals surface area contributed by atoms with Crippen molar-refractivity contribution in [3.8, 4) is 0 Å². The molecule has 0 aromatic carbocycles. The highest BCUT2D eigenvalue weighted by Crippen LogP contribution is 2.14. The van der Waals surface area contributed by atoms with Gasteiger partial charge in [-0.1, -0.05) is 0 Å². The molecular weight excluding hydrogens is 208 g/mol. The fourth-order valence-electron chi connectivity index (χ4n) is 2.00. The standard InChI is InChI=1S/C11H22N2O3/c1-16-6-4-12-11(15)8-13-5-2-3-10(7-13)9-14/h10,14H,2-9H2,1H3,(H,12,15). The number of methoxy groups -OCH3 is 1. The van der Waals surface area contributed by atoms with Crippen molar-refractivity contribution >= 4 is 5.91 Å². The zero-order valence-corrected chi connectivity index (χ0v) is 9.95. The van der Waals surface area contributed by atoms with Gasteiger partial charge >= 0.3 is 0 Å². The molecule has 16 heavy (non-hydrogen) atoms. The number of ether oxygens (including phenoxy) is 1. The van der Waals surface area contributed by atoms with Crippen LogP contribution in [0.2, 0.25) is 0 Å². The molecule has 1 rings (SSSR count). The van der Waals surface area contributed by atoms with Gasteiger partial charge in [-0.15, -0.1) is 0 Å². The van der Waals surface area contributed by atoms with Crippen LogP contribution in [0, 0.1) is 5.92 Å². The fourth-order valence-corrected chi connectivity index (χ4v) is 2.00. The van der Waals surface area contributed by atoms with Gasteiger partial charge in [0.15, 0.2) is 0 Å². The van der Waals surface area contributed by atoms with E-state index in [-0.39, 0.29) is 12.5 Å². The largest absolute Gasteiger partial charge is 0.396 e. The number of carbonyl (C=O) groups excluding carboxylic acids is 1. The normalized spacial score (nSPS) is 22.0. The maximum atomic E-state index is 11.5. The molecule has 1 unspecified atom stereocenters. The first kappa shape index (κ1) is 13.4. The molecule has 0 aromatic rings. The van der Waals surface area contributed by atoms with E-state index in [0.717, 1.165) is 25.9 Å². The van der Waals surface area contributed by atoms with Gasteiger partial charge in [0.05, 0.1) is 13.2 Å². The number of nitrogens with zero attached hydrogens (tertiary/aromatic N) is 1. The molecule has 0 spiro atoms. The molecule has 0 saturated carbocycles. The van der Waals surface area contributed by atoms with Gasteiger partial charge in [-0.25, -0.2) is 0 Å². The molecule has 1 aliphatic heterocycles. The summed E-state index contributed by atoms with van der Waals surface area (Å²) in [5.74, 6) is 0.371. The third kappa shape index (κ3) is 4.92. The van der Waals surface area contributed by atoms with Gasteiger partial charge in [0.2, 0.25) is 5.91 Å². The number of likely N-dealkylation sites (tertiary alicyclic amines) is 1. The maximum absolute atomic E-state index is 11.5. The summed E-state index contributed by atoms with van der Waals surface area (Å²) in [5, 5.41) is 11.9. The van der Waals surface area contributed by atoms with Gasteiger partial charge in [-0.3, -0.25) is 9.69 Å². The second-order valence-electron chi connectivity index (χ2n) is 4.27. The summed E-state index contributed by atoms with van der Waals surface area (Å²) in [6.07, 6.45) is 2.13. The predicted octanol–water partition coefficient (Wildman–Crippen LogP) is -0.547. The Morgan fingerprint density at radius 1 is 1.62 bits per heavy atom. The van der Waals surface area contributed by atoms with Crippen molar-refractivity contribution in [1.82, 2.24) is 10.2 Å². The molecule has 1 atom stereocenters. The molecule has 1 fully saturated rings. The Morgan fingerprint density at radius 2 is 2.44 bits per heavy atom. The Hall–Kier alpha value is -0.650. The van der Waals surface area contributed by atoms with E-state index in [1.54, 1.807) is 7.11 Å².